The number of rotatable bonds is 5. The second kappa shape index (κ2) is 4.66. The minimum absolute atomic E-state index is 0.357. The highest BCUT2D eigenvalue weighted by atomic mass is 16.7. The van der Waals surface area contributed by atoms with E-state index < -0.39 is 11.9 Å². The first-order valence-corrected chi connectivity index (χ1v) is 3.45. The van der Waals surface area contributed by atoms with Gasteiger partial charge in [0.2, 0.25) is 0 Å². The third-order valence-corrected chi connectivity index (χ3v) is 1.80. The Kier molecular flexibility index (Phi) is 4.60. The van der Waals surface area contributed by atoms with Crippen molar-refractivity contribution in [3.8, 4) is 0 Å². The largest absolute Gasteiger partial charge is 0.372 e. The van der Waals surface area contributed by atoms with Crippen LogP contribution in [0, 0.1) is 0 Å². The van der Waals surface area contributed by atoms with E-state index in [-0.39, 0.29) is 0 Å². The zero-order valence-corrected chi connectivity index (χ0v) is 7.59. The Balaban J connectivity index is 4.19. The molecule has 0 rings (SSSR count). The summed E-state index contributed by atoms with van der Waals surface area (Å²) in [6.07, 6.45) is -0.419. The van der Waals surface area contributed by atoms with Crippen LogP contribution >= 0.6 is 0 Å². The van der Waals surface area contributed by atoms with Crippen molar-refractivity contribution < 1.29 is 14.2 Å². The van der Waals surface area contributed by atoms with E-state index in [1.54, 1.807) is 21.3 Å². The molecule has 0 aromatic heterocycles. The molecule has 4 nitrogen and oxygen atoms in total. The maximum absolute atomic E-state index is 5.48. The number of hydrogen-bond acceptors (Lipinski definition) is 4. The zero-order valence-electron chi connectivity index (χ0n) is 7.59. The molecule has 0 aliphatic carbocycles. The van der Waals surface area contributed by atoms with Gasteiger partial charge in [-0.2, -0.15) is 0 Å². The maximum Gasteiger partial charge on any atom is 0.186 e. The van der Waals surface area contributed by atoms with Gasteiger partial charge in [-0.25, -0.2) is 0 Å². The Hall–Kier alpha value is -0.160. The Morgan fingerprint density at radius 3 is 1.82 bits per heavy atom. The molecule has 0 saturated carbocycles. The third-order valence-electron chi connectivity index (χ3n) is 1.80. The number of nitrogens with two attached hydrogens (primary N) is 1. The number of methoxy groups -OCH3 is 3. The highest BCUT2D eigenvalue weighted by Crippen LogP contribution is 2.15. The van der Waals surface area contributed by atoms with Crippen LogP contribution in [-0.4, -0.2) is 39.8 Å². The van der Waals surface area contributed by atoms with Crippen molar-refractivity contribution in [3.05, 3.63) is 0 Å². The van der Waals surface area contributed by atoms with E-state index in [1.807, 2.05) is 6.92 Å². The molecule has 0 amide bonds. The van der Waals surface area contributed by atoms with E-state index in [0.29, 0.717) is 6.54 Å². The van der Waals surface area contributed by atoms with Gasteiger partial charge in [0.05, 0.1) is 0 Å². The molecule has 11 heavy (non-hydrogen) atoms. The Labute approximate surface area is 67.6 Å². The summed E-state index contributed by atoms with van der Waals surface area (Å²) >= 11 is 0. The second-order valence-corrected chi connectivity index (χ2v) is 2.52. The Morgan fingerprint density at radius 1 is 1.27 bits per heavy atom. The summed E-state index contributed by atoms with van der Waals surface area (Å²) in [5.41, 5.74) is 4.92. The molecule has 0 spiro atoms. The topological polar surface area (TPSA) is 53.7 Å². The van der Waals surface area contributed by atoms with Crippen LogP contribution in [0.25, 0.3) is 0 Å². The average molecular weight is 163 g/mol. The summed E-state index contributed by atoms with van der Waals surface area (Å²) in [4.78, 5) is 0. The predicted molar refractivity (Wildman–Crippen MR) is 42.3 cm³/mol. The quantitative estimate of drug-likeness (QED) is 0.578. The van der Waals surface area contributed by atoms with Crippen LogP contribution in [-0.2, 0) is 14.2 Å². The van der Waals surface area contributed by atoms with Crippen molar-refractivity contribution in [2.75, 3.05) is 27.9 Å². The van der Waals surface area contributed by atoms with Crippen molar-refractivity contribution in [2.45, 2.75) is 18.8 Å². The van der Waals surface area contributed by atoms with Gasteiger partial charge >= 0.3 is 0 Å². The lowest BCUT2D eigenvalue weighted by atomic mass is 10.1. The summed E-state index contributed by atoms with van der Waals surface area (Å²) in [6.45, 7) is 2.19. The van der Waals surface area contributed by atoms with Crippen LogP contribution in [0.3, 0.4) is 0 Å². The molecule has 0 fully saturated rings. The fourth-order valence-corrected chi connectivity index (χ4v) is 0.871. The molecule has 0 aliphatic heterocycles. The first kappa shape index (κ1) is 10.8. The van der Waals surface area contributed by atoms with Crippen molar-refractivity contribution in [1.29, 1.82) is 0 Å². The summed E-state index contributed by atoms with van der Waals surface area (Å²) in [7, 11) is 4.69. The molecular weight excluding hydrogens is 146 g/mol. The van der Waals surface area contributed by atoms with Gasteiger partial charge in [-0.1, -0.05) is 0 Å². The zero-order chi connectivity index (χ0) is 8.91. The molecule has 0 saturated heterocycles. The Bertz CT molecular complexity index is 99.9. The lowest BCUT2D eigenvalue weighted by Crippen LogP contribution is -2.49. The molecule has 0 aromatic rings. The van der Waals surface area contributed by atoms with E-state index >= 15 is 0 Å². The summed E-state index contributed by atoms with van der Waals surface area (Å²) in [5, 5.41) is 0. The van der Waals surface area contributed by atoms with Gasteiger partial charge in [0.1, 0.15) is 5.60 Å². The van der Waals surface area contributed by atoms with Crippen LogP contribution in [0.2, 0.25) is 0 Å². The average Bonchev–Trinajstić information content (AvgIpc) is 2.06. The smallest absolute Gasteiger partial charge is 0.186 e. The third kappa shape index (κ3) is 2.41. The molecule has 4 heteroatoms. The first-order chi connectivity index (χ1) is 5.14. The summed E-state index contributed by atoms with van der Waals surface area (Å²) in [5.74, 6) is 0. The van der Waals surface area contributed by atoms with Gasteiger partial charge in [-0.15, -0.1) is 0 Å². The molecular formula is C7H17NO3. The molecule has 1 unspecified atom stereocenters. The standard InChI is InChI=1S/C7H17NO3/c1-7(5-8,11-4)6(9-2)10-3/h6H,5,8H2,1-4H3. The first-order valence-electron chi connectivity index (χ1n) is 3.45. The van der Waals surface area contributed by atoms with E-state index in [4.69, 9.17) is 19.9 Å². The van der Waals surface area contributed by atoms with Gasteiger partial charge in [0.15, 0.2) is 6.29 Å². The maximum atomic E-state index is 5.48. The molecule has 2 N–H and O–H groups in total. The van der Waals surface area contributed by atoms with Gasteiger partial charge in [0.25, 0.3) is 0 Å². The highest BCUT2D eigenvalue weighted by Gasteiger charge is 2.33. The molecule has 0 bridgehead atoms. The molecule has 1 atom stereocenters. The SMILES string of the molecule is COC(OC)C(C)(CN)OC. The highest BCUT2D eigenvalue weighted by molar-refractivity contribution is 4.79. The van der Waals surface area contributed by atoms with E-state index in [0.717, 1.165) is 0 Å². The van der Waals surface area contributed by atoms with Gasteiger partial charge < -0.3 is 19.9 Å². The minimum atomic E-state index is -0.566. The molecule has 0 radical (unpaired) electrons. The summed E-state index contributed by atoms with van der Waals surface area (Å²) in [6, 6.07) is 0. The van der Waals surface area contributed by atoms with Crippen LogP contribution in [0.5, 0.6) is 0 Å². The van der Waals surface area contributed by atoms with E-state index in [2.05, 4.69) is 0 Å². The minimum Gasteiger partial charge on any atom is -0.372 e. The molecule has 0 aliphatic rings. The van der Waals surface area contributed by atoms with Crippen LogP contribution in [0.4, 0.5) is 0 Å². The lowest BCUT2D eigenvalue weighted by molar-refractivity contribution is -0.214. The van der Waals surface area contributed by atoms with Crippen molar-refractivity contribution in [2.24, 2.45) is 5.73 Å². The van der Waals surface area contributed by atoms with E-state index in [1.165, 1.54) is 0 Å². The molecule has 68 valence electrons. The van der Waals surface area contributed by atoms with Crippen molar-refractivity contribution in [3.63, 3.8) is 0 Å². The molecule has 0 aromatic carbocycles. The van der Waals surface area contributed by atoms with Gasteiger partial charge in [-0.3, -0.25) is 0 Å². The monoisotopic (exact) mass is 163 g/mol. The van der Waals surface area contributed by atoms with Crippen LogP contribution in [0.15, 0.2) is 0 Å². The van der Waals surface area contributed by atoms with Gasteiger partial charge in [-0.05, 0) is 6.92 Å². The van der Waals surface area contributed by atoms with Crippen LogP contribution < -0.4 is 5.73 Å². The van der Waals surface area contributed by atoms with Gasteiger partial charge in [0, 0.05) is 27.9 Å². The second-order valence-electron chi connectivity index (χ2n) is 2.52. The summed E-state index contributed by atoms with van der Waals surface area (Å²) < 4.78 is 15.2. The predicted octanol–water partition coefficient (Wildman–Crippen LogP) is -0.0309. The van der Waals surface area contributed by atoms with Crippen molar-refractivity contribution in [1.82, 2.24) is 0 Å². The van der Waals surface area contributed by atoms with Crippen LogP contribution in [0.1, 0.15) is 6.92 Å². The van der Waals surface area contributed by atoms with E-state index in [9.17, 15) is 0 Å². The Morgan fingerprint density at radius 2 is 1.73 bits per heavy atom. The number of ether oxygens (including phenoxy) is 3. The molecule has 0 heterocycles. The van der Waals surface area contributed by atoms with Crippen molar-refractivity contribution >= 4 is 0 Å². The fraction of sp³-hybridized carbons (Fsp3) is 1.00. The number of hydrogen-bond donors (Lipinski definition) is 1. The lowest BCUT2D eigenvalue weighted by Gasteiger charge is -2.32. The normalized spacial score (nSPS) is 16.9. The fourth-order valence-electron chi connectivity index (χ4n) is 0.871.